The van der Waals surface area contributed by atoms with Gasteiger partial charge in [-0.2, -0.15) is 4.98 Å². The van der Waals surface area contributed by atoms with Crippen molar-refractivity contribution in [1.29, 1.82) is 0 Å². The van der Waals surface area contributed by atoms with E-state index in [1.54, 1.807) is 18.0 Å². The molecule has 86 valence electrons. The second-order valence-electron chi connectivity index (χ2n) is 3.51. The van der Waals surface area contributed by atoms with Crippen LogP contribution in [0, 0.1) is 0 Å². The third-order valence-corrected chi connectivity index (χ3v) is 3.85. The zero-order valence-corrected chi connectivity index (χ0v) is 10.6. The predicted octanol–water partition coefficient (Wildman–Crippen LogP) is 2.52. The third kappa shape index (κ3) is 2.73. The highest BCUT2D eigenvalue weighted by molar-refractivity contribution is 8.00. The molecule has 0 spiro atoms. The van der Waals surface area contributed by atoms with Crippen LogP contribution in [-0.2, 0) is 5.75 Å². The number of aromatic nitrogens is 3. The molecule has 2 N–H and O–H groups in total. The number of thiazole rings is 1. The van der Waals surface area contributed by atoms with E-state index in [2.05, 4.69) is 15.1 Å². The van der Waals surface area contributed by atoms with Gasteiger partial charge in [0.15, 0.2) is 11.0 Å². The van der Waals surface area contributed by atoms with Gasteiger partial charge in [0.2, 0.25) is 5.89 Å². The minimum Gasteiger partial charge on any atom is -0.375 e. The monoisotopic (exact) mass is 256 g/mol. The maximum Gasteiger partial charge on any atom is 0.237 e. The number of nitrogens with zero attached hydrogens (tertiary/aromatic N) is 3. The first-order valence-electron chi connectivity index (χ1n) is 4.81. The smallest absolute Gasteiger partial charge is 0.237 e. The summed E-state index contributed by atoms with van der Waals surface area (Å²) in [5.41, 5.74) is 5.53. The fourth-order valence-electron chi connectivity index (χ4n) is 1.03. The fraction of sp³-hybridized carbons (Fsp3) is 0.444. The van der Waals surface area contributed by atoms with Gasteiger partial charge in [-0.15, -0.1) is 11.8 Å². The molecular weight excluding hydrogens is 244 g/mol. The molecule has 16 heavy (non-hydrogen) atoms. The van der Waals surface area contributed by atoms with E-state index in [1.165, 1.54) is 11.3 Å². The highest BCUT2D eigenvalue weighted by atomic mass is 32.2. The molecule has 2 rings (SSSR count). The number of thioether (sulfide) groups is 1. The summed E-state index contributed by atoms with van der Waals surface area (Å²) in [6.07, 6.45) is 1.75. The number of rotatable bonds is 4. The van der Waals surface area contributed by atoms with Crippen molar-refractivity contribution >= 4 is 28.2 Å². The summed E-state index contributed by atoms with van der Waals surface area (Å²) in [6.45, 7) is 4.07. The van der Waals surface area contributed by atoms with Gasteiger partial charge in [-0.1, -0.05) is 30.3 Å². The van der Waals surface area contributed by atoms with Gasteiger partial charge in [-0.05, 0) is 0 Å². The van der Waals surface area contributed by atoms with Crippen LogP contribution in [0.5, 0.6) is 0 Å². The van der Waals surface area contributed by atoms with Crippen LogP contribution in [0.15, 0.2) is 14.9 Å². The first-order chi connectivity index (χ1) is 7.65. The molecule has 0 aliphatic carbocycles. The summed E-state index contributed by atoms with van der Waals surface area (Å²) < 4.78 is 6.18. The second kappa shape index (κ2) is 4.84. The van der Waals surface area contributed by atoms with Gasteiger partial charge in [0.25, 0.3) is 0 Å². The predicted molar refractivity (Wildman–Crippen MR) is 64.5 cm³/mol. The molecule has 0 fully saturated rings. The Morgan fingerprint density at radius 2 is 2.38 bits per heavy atom. The lowest BCUT2D eigenvalue weighted by atomic mass is 10.2. The van der Waals surface area contributed by atoms with E-state index in [4.69, 9.17) is 10.3 Å². The topological polar surface area (TPSA) is 77.8 Å². The van der Waals surface area contributed by atoms with E-state index in [0.717, 1.165) is 10.0 Å². The maximum absolute atomic E-state index is 5.53. The summed E-state index contributed by atoms with van der Waals surface area (Å²) in [6, 6.07) is 0. The summed E-state index contributed by atoms with van der Waals surface area (Å²) in [4.78, 5) is 8.26. The number of hydrogen-bond acceptors (Lipinski definition) is 7. The molecule has 0 saturated heterocycles. The van der Waals surface area contributed by atoms with Gasteiger partial charge in [-0.25, -0.2) is 4.98 Å². The average Bonchev–Trinajstić information content (AvgIpc) is 2.83. The van der Waals surface area contributed by atoms with Crippen molar-refractivity contribution in [3.05, 3.63) is 17.9 Å². The molecule has 2 heterocycles. The van der Waals surface area contributed by atoms with Gasteiger partial charge < -0.3 is 10.3 Å². The minimum atomic E-state index is 0.293. The molecular formula is C9H12N4OS2. The molecule has 0 aliphatic rings. The average molecular weight is 256 g/mol. The van der Waals surface area contributed by atoms with E-state index in [1.807, 2.05) is 13.8 Å². The summed E-state index contributed by atoms with van der Waals surface area (Å²) in [5.74, 6) is 2.34. The Bertz CT molecular complexity index is 466. The lowest BCUT2D eigenvalue weighted by Crippen LogP contribution is -1.89. The van der Waals surface area contributed by atoms with Crippen molar-refractivity contribution in [2.45, 2.75) is 29.7 Å². The first kappa shape index (κ1) is 11.4. The molecule has 0 bridgehead atoms. The van der Waals surface area contributed by atoms with E-state index in [0.29, 0.717) is 22.7 Å². The molecule has 7 heteroatoms. The van der Waals surface area contributed by atoms with Crippen molar-refractivity contribution in [3.63, 3.8) is 0 Å². The standard InChI is InChI=1S/C9H12N4OS2/c1-5(2)8-12-6(14-13-8)4-15-7-3-11-9(10)16-7/h3,5H,4H2,1-2H3,(H2,10,11). The number of nitrogen functional groups attached to an aromatic ring is 1. The van der Waals surface area contributed by atoms with Gasteiger partial charge >= 0.3 is 0 Å². The Labute approximate surface area is 101 Å². The lowest BCUT2D eigenvalue weighted by Gasteiger charge is -1.92. The van der Waals surface area contributed by atoms with Crippen LogP contribution in [0.4, 0.5) is 5.13 Å². The van der Waals surface area contributed by atoms with Crippen LogP contribution in [-0.4, -0.2) is 15.1 Å². The third-order valence-electron chi connectivity index (χ3n) is 1.84. The van der Waals surface area contributed by atoms with E-state index >= 15 is 0 Å². The highest BCUT2D eigenvalue weighted by Crippen LogP contribution is 2.28. The maximum atomic E-state index is 5.53. The van der Waals surface area contributed by atoms with E-state index in [-0.39, 0.29) is 0 Å². The molecule has 5 nitrogen and oxygen atoms in total. The Balaban J connectivity index is 1.94. The number of nitrogens with two attached hydrogens (primary N) is 1. The minimum absolute atomic E-state index is 0.293. The Morgan fingerprint density at radius 1 is 1.56 bits per heavy atom. The molecule has 2 aromatic heterocycles. The lowest BCUT2D eigenvalue weighted by molar-refractivity contribution is 0.383. The van der Waals surface area contributed by atoms with Crippen molar-refractivity contribution in [3.8, 4) is 0 Å². The molecule has 0 radical (unpaired) electrons. The van der Waals surface area contributed by atoms with Gasteiger partial charge in [0, 0.05) is 5.92 Å². The molecule has 0 aliphatic heterocycles. The van der Waals surface area contributed by atoms with Crippen LogP contribution in [0.1, 0.15) is 31.5 Å². The summed E-state index contributed by atoms with van der Waals surface area (Å²) in [5, 5.41) is 4.48. The molecule has 2 aromatic rings. The normalized spacial score (nSPS) is 11.2. The van der Waals surface area contributed by atoms with Crippen molar-refractivity contribution in [1.82, 2.24) is 15.1 Å². The van der Waals surface area contributed by atoms with E-state index in [9.17, 15) is 0 Å². The number of anilines is 1. The quantitative estimate of drug-likeness (QED) is 0.847. The molecule has 0 unspecified atom stereocenters. The van der Waals surface area contributed by atoms with Gasteiger partial charge in [0.1, 0.15) is 0 Å². The molecule has 0 amide bonds. The van der Waals surface area contributed by atoms with Crippen molar-refractivity contribution in [2.24, 2.45) is 0 Å². The zero-order valence-electron chi connectivity index (χ0n) is 9.01. The Hall–Kier alpha value is -1.08. The largest absolute Gasteiger partial charge is 0.375 e. The van der Waals surface area contributed by atoms with E-state index < -0.39 is 0 Å². The molecule has 0 saturated carbocycles. The molecule has 0 atom stereocenters. The number of hydrogen-bond donors (Lipinski definition) is 1. The van der Waals surface area contributed by atoms with Crippen LogP contribution in [0.2, 0.25) is 0 Å². The van der Waals surface area contributed by atoms with Crippen molar-refractivity contribution < 1.29 is 4.52 Å². The van der Waals surface area contributed by atoms with Crippen LogP contribution in [0.25, 0.3) is 0 Å². The first-order valence-corrected chi connectivity index (χ1v) is 6.62. The Morgan fingerprint density at radius 3 is 2.94 bits per heavy atom. The molecule has 0 aromatic carbocycles. The fourth-order valence-corrected chi connectivity index (χ4v) is 2.63. The summed E-state index contributed by atoms with van der Waals surface area (Å²) >= 11 is 3.06. The summed E-state index contributed by atoms with van der Waals surface area (Å²) in [7, 11) is 0. The van der Waals surface area contributed by atoms with Gasteiger partial charge in [0.05, 0.1) is 16.2 Å². The Kier molecular flexibility index (Phi) is 3.45. The van der Waals surface area contributed by atoms with Crippen LogP contribution >= 0.6 is 23.1 Å². The van der Waals surface area contributed by atoms with Crippen molar-refractivity contribution in [2.75, 3.05) is 5.73 Å². The van der Waals surface area contributed by atoms with Crippen LogP contribution in [0.3, 0.4) is 0 Å². The van der Waals surface area contributed by atoms with Crippen LogP contribution < -0.4 is 5.73 Å². The second-order valence-corrected chi connectivity index (χ2v) is 5.85. The SMILES string of the molecule is CC(C)c1noc(CSc2cnc(N)s2)n1. The highest BCUT2D eigenvalue weighted by Gasteiger charge is 2.10. The van der Waals surface area contributed by atoms with Gasteiger partial charge in [-0.3, -0.25) is 0 Å². The zero-order chi connectivity index (χ0) is 11.5.